The fourth-order valence-corrected chi connectivity index (χ4v) is 6.19. The molecule has 2 aliphatic heterocycles. The van der Waals surface area contributed by atoms with Gasteiger partial charge in [-0.15, -0.1) is 0 Å². The zero-order chi connectivity index (χ0) is 28.9. The van der Waals surface area contributed by atoms with E-state index in [2.05, 4.69) is 37.1 Å². The summed E-state index contributed by atoms with van der Waals surface area (Å²) in [5.41, 5.74) is 3.18. The molecule has 0 atom stereocenters. The number of urea groups is 1. The van der Waals surface area contributed by atoms with Gasteiger partial charge in [0.25, 0.3) is 0 Å². The van der Waals surface area contributed by atoms with E-state index in [0.717, 1.165) is 54.7 Å². The average Bonchev–Trinajstić information content (AvgIpc) is 2.92. The Bertz CT molecular complexity index is 1290. The van der Waals surface area contributed by atoms with Crippen LogP contribution >= 0.6 is 11.8 Å². The molecule has 0 saturated carbocycles. The number of piperazine rings is 1. The highest BCUT2D eigenvalue weighted by molar-refractivity contribution is 8.00. The Kier molecular flexibility index (Phi) is 9.53. The first kappa shape index (κ1) is 29.6. The number of nitrogens with one attached hydrogen (secondary N) is 1. The van der Waals surface area contributed by atoms with Gasteiger partial charge >= 0.3 is 6.03 Å². The van der Waals surface area contributed by atoms with E-state index in [9.17, 15) is 14.9 Å². The summed E-state index contributed by atoms with van der Waals surface area (Å²) in [5, 5.41) is 12.5. The first-order valence-electron chi connectivity index (χ1n) is 13.8. The number of carbonyl (C=O) groups is 2. The number of hydrogen-bond acceptors (Lipinski definition) is 8. The van der Waals surface area contributed by atoms with Gasteiger partial charge in [0.15, 0.2) is 0 Å². The third kappa shape index (κ3) is 7.04. The summed E-state index contributed by atoms with van der Waals surface area (Å²) in [4.78, 5) is 40.5. The number of aromatic nitrogens is 2. The molecule has 1 N–H and O–H groups in total. The van der Waals surface area contributed by atoms with Crippen LogP contribution in [0.15, 0.2) is 18.3 Å². The summed E-state index contributed by atoms with van der Waals surface area (Å²) in [7, 11) is 3.50. The van der Waals surface area contributed by atoms with Crippen LogP contribution < -0.4 is 15.0 Å². The molecule has 11 heteroatoms. The summed E-state index contributed by atoms with van der Waals surface area (Å²) in [6.45, 7) is 9.37. The fourth-order valence-electron chi connectivity index (χ4n) is 5.16. The van der Waals surface area contributed by atoms with Gasteiger partial charge in [-0.2, -0.15) is 22.0 Å². The van der Waals surface area contributed by atoms with Crippen molar-refractivity contribution in [3.8, 4) is 11.9 Å². The van der Waals surface area contributed by atoms with Crippen LogP contribution in [0.25, 0.3) is 0 Å². The van der Waals surface area contributed by atoms with Crippen LogP contribution in [-0.4, -0.2) is 82.5 Å². The van der Waals surface area contributed by atoms with E-state index in [1.54, 1.807) is 18.1 Å². The second-order valence-electron chi connectivity index (χ2n) is 10.9. The number of nitrogens with zero attached hydrogens (tertiary/aromatic N) is 6. The predicted octanol–water partition coefficient (Wildman–Crippen LogP) is 4.08. The maximum Gasteiger partial charge on any atom is 0.328 e. The molecule has 2 aromatic heterocycles. The van der Waals surface area contributed by atoms with Crippen molar-refractivity contribution in [2.24, 2.45) is 0 Å². The Morgan fingerprint density at radius 3 is 2.75 bits per heavy atom. The summed E-state index contributed by atoms with van der Waals surface area (Å²) in [6, 6.07) is 5.72. The van der Waals surface area contributed by atoms with Crippen LogP contribution in [-0.2, 0) is 24.2 Å². The zero-order valence-corrected chi connectivity index (χ0v) is 24.9. The van der Waals surface area contributed by atoms with Crippen molar-refractivity contribution < 1.29 is 14.3 Å². The lowest BCUT2D eigenvalue weighted by Gasteiger charge is -2.33. The lowest BCUT2D eigenvalue weighted by molar-refractivity contribution is -0.136. The summed E-state index contributed by atoms with van der Waals surface area (Å²) >= 11 is 1.89. The molecule has 2 aromatic rings. The maximum absolute atomic E-state index is 13.4. The highest BCUT2D eigenvalue weighted by atomic mass is 32.2. The number of likely N-dealkylation sites (N-methyl/N-ethyl adjacent to an activating group) is 1. The van der Waals surface area contributed by atoms with E-state index < -0.39 is 0 Å². The topological polar surface area (TPSA) is 115 Å². The third-order valence-corrected chi connectivity index (χ3v) is 8.66. The first-order valence-corrected chi connectivity index (χ1v) is 14.8. The van der Waals surface area contributed by atoms with Crippen molar-refractivity contribution >= 4 is 35.3 Å². The number of methoxy groups -OCH3 is 1. The number of rotatable bonds is 9. The molecule has 214 valence electrons. The van der Waals surface area contributed by atoms with Gasteiger partial charge in [-0.1, -0.05) is 20.8 Å². The van der Waals surface area contributed by atoms with Gasteiger partial charge < -0.3 is 9.64 Å². The molecule has 0 radical (unpaired) electrons. The molecular formula is C29H39N7O3S. The van der Waals surface area contributed by atoms with E-state index in [4.69, 9.17) is 9.72 Å². The third-order valence-electron chi connectivity index (χ3n) is 7.39. The van der Waals surface area contributed by atoms with Gasteiger partial charge in [0, 0.05) is 36.1 Å². The largest absolute Gasteiger partial charge is 0.481 e. The zero-order valence-electron chi connectivity index (χ0n) is 24.1. The SMILES string of the molecule is CCSC(C)(C)CCc1cc(NC(=O)N2CCCc3cc(CN4CCN(C)CC4=O)c(OC)nc32)ncc1C#N. The van der Waals surface area contributed by atoms with E-state index in [1.807, 2.05) is 34.7 Å². The highest BCUT2D eigenvalue weighted by Crippen LogP contribution is 2.33. The van der Waals surface area contributed by atoms with Crippen LogP contribution in [0.3, 0.4) is 0 Å². The van der Waals surface area contributed by atoms with Crippen molar-refractivity contribution in [3.63, 3.8) is 0 Å². The van der Waals surface area contributed by atoms with Crippen molar-refractivity contribution in [2.45, 2.75) is 57.7 Å². The molecule has 4 heterocycles. The van der Waals surface area contributed by atoms with E-state index in [1.165, 1.54) is 6.20 Å². The summed E-state index contributed by atoms with van der Waals surface area (Å²) in [5.74, 6) is 2.49. The smallest absolute Gasteiger partial charge is 0.328 e. The van der Waals surface area contributed by atoms with Crippen LogP contribution in [0.1, 0.15) is 55.9 Å². The number of nitriles is 1. The van der Waals surface area contributed by atoms with E-state index in [-0.39, 0.29) is 16.7 Å². The number of fused-ring (bicyclic) bond motifs is 1. The second-order valence-corrected chi connectivity index (χ2v) is 12.9. The number of hydrogen-bond donors (Lipinski definition) is 1. The Hall–Kier alpha value is -3.36. The first-order chi connectivity index (χ1) is 19.1. The van der Waals surface area contributed by atoms with Crippen LogP contribution in [0, 0.1) is 11.3 Å². The van der Waals surface area contributed by atoms with Crippen molar-refractivity contribution in [1.29, 1.82) is 5.26 Å². The molecule has 0 aliphatic carbocycles. The number of carbonyl (C=O) groups excluding carboxylic acids is 2. The van der Waals surface area contributed by atoms with E-state index >= 15 is 0 Å². The predicted molar refractivity (Wildman–Crippen MR) is 158 cm³/mol. The molecule has 0 spiro atoms. The van der Waals surface area contributed by atoms with Gasteiger partial charge in [-0.05, 0) is 61.7 Å². The molecule has 0 aromatic carbocycles. The van der Waals surface area contributed by atoms with Crippen molar-refractivity contribution in [1.82, 2.24) is 19.8 Å². The van der Waals surface area contributed by atoms with Crippen molar-refractivity contribution in [3.05, 3.63) is 40.6 Å². The second kappa shape index (κ2) is 12.9. The minimum atomic E-state index is -0.331. The standard InChI is InChI=1S/C29H39N7O3S/c1-6-40-29(2,3)10-9-20-15-24(31-17-23(20)16-30)32-28(38)36-11-7-8-21-14-22(27(39-5)33-26(21)36)18-35-13-12-34(4)19-25(35)37/h14-15,17H,6-13,18-19H2,1-5H3,(H,31,32,38). The minimum Gasteiger partial charge on any atom is -0.481 e. The summed E-state index contributed by atoms with van der Waals surface area (Å²) in [6.07, 6.45) is 4.73. The number of anilines is 2. The van der Waals surface area contributed by atoms with Gasteiger partial charge in [0.1, 0.15) is 17.7 Å². The number of ether oxygens (including phenoxy) is 1. The number of pyridine rings is 2. The molecule has 4 rings (SSSR count). The van der Waals surface area contributed by atoms with Gasteiger partial charge in [-0.3, -0.25) is 19.9 Å². The highest BCUT2D eigenvalue weighted by Gasteiger charge is 2.29. The normalized spacial score (nSPS) is 15.9. The Balaban J connectivity index is 1.51. The number of amides is 3. The van der Waals surface area contributed by atoms with Crippen LogP contribution in [0.5, 0.6) is 5.88 Å². The number of thioether (sulfide) groups is 1. The van der Waals surface area contributed by atoms with Crippen molar-refractivity contribution in [2.75, 3.05) is 56.3 Å². The van der Waals surface area contributed by atoms with Gasteiger partial charge in [0.2, 0.25) is 11.8 Å². The number of aryl methyl sites for hydroxylation is 2. The monoisotopic (exact) mass is 565 g/mol. The molecular weight excluding hydrogens is 526 g/mol. The summed E-state index contributed by atoms with van der Waals surface area (Å²) < 4.78 is 5.70. The average molecular weight is 566 g/mol. The fraction of sp³-hybridized carbons (Fsp3) is 0.552. The van der Waals surface area contributed by atoms with E-state index in [0.29, 0.717) is 49.3 Å². The molecule has 10 nitrogen and oxygen atoms in total. The van der Waals surface area contributed by atoms with Crippen LogP contribution in [0.4, 0.5) is 16.4 Å². The minimum absolute atomic E-state index is 0.0801. The lowest BCUT2D eigenvalue weighted by Crippen LogP contribution is -2.48. The molecule has 0 unspecified atom stereocenters. The molecule has 1 saturated heterocycles. The molecule has 40 heavy (non-hydrogen) atoms. The lowest BCUT2D eigenvalue weighted by atomic mass is 9.99. The maximum atomic E-state index is 13.4. The molecule has 0 bridgehead atoms. The Morgan fingerprint density at radius 1 is 1.25 bits per heavy atom. The quantitative estimate of drug-likeness (QED) is 0.484. The Morgan fingerprint density at radius 2 is 2.05 bits per heavy atom. The molecule has 3 amide bonds. The van der Waals surface area contributed by atoms with Gasteiger partial charge in [0.05, 0.1) is 25.8 Å². The van der Waals surface area contributed by atoms with Crippen LogP contribution in [0.2, 0.25) is 0 Å². The molecule has 1 fully saturated rings. The molecule has 2 aliphatic rings. The van der Waals surface area contributed by atoms with Gasteiger partial charge in [-0.25, -0.2) is 9.78 Å². The Labute approximate surface area is 241 Å².